The molecule has 1 aromatic rings. The fourth-order valence-electron chi connectivity index (χ4n) is 1.41. The van der Waals surface area contributed by atoms with Gasteiger partial charge in [0, 0.05) is 19.2 Å². The topological polar surface area (TPSA) is 101 Å². The molecule has 0 spiro atoms. The van der Waals surface area contributed by atoms with Crippen LogP contribution in [0.4, 0.5) is 5.69 Å². The fourth-order valence-corrected chi connectivity index (χ4v) is 1.82. The molecule has 1 amide bonds. The van der Waals surface area contributed by atoms with E-state index in [9.17, 15) is 19.7 Å². The van der Waals surface area contributed by atoms with Gasteiger partial charge in [-0.3, -0.25) is 14.9 Å². The van der Waals surface area contributed by atoms with Crippen molar-refractivity contribution in [2.75, 3.05) is 7.05 Å². The third-order valence-corrected chi connectivity index (χ3v) is 3.92. The molecule has 7 nitrogen and oxygen atoms in total. The van der Waals surface area contributed by atoms with Crippen molar-refractivity contribution in [1.82, 2.24) is 4.90 Å². The number of benzene rings is 1. The molecule has 114 valence electrons. The molecule has 0 aromatic heterocycles. The number of nitro benzene ring substituents is 1. The van der Waals surface area contributed by atoms with Crippen LogP contribution < -0.4 is 0 Å². The molecule has 0 aliphatic heterocycles. The molecule has 0 atom stereocenters. The zero-order valence-corrected chi connectivity index (χ0v) is 12.9. The normalized spacial score (nSPS) is 11.1. The van der Waals surface area contributed by atoms with Crippen molar-refractivity contribution in [3.63, 3.8) is 0 Å². The minimum absolute atomic E-state index is 0.157. The first kappa shape index (κ1) is 17.2. The number of hydrogen-bond acceptors (Lipinski definition) is 4. The van der Waals surface area contributed by atoms with Crippen LogP contribution in [0.2, 0.25) is 10.0 Å². The molecule has 0 fully saturated rings. The summed E-state index contributed by atoms with van der Waals surface area (Å²) in [7, 11) is 1.26. The van der Waals surface area contributed by atoms with Gasteiger partial charge in [-0.05, 0) is 13.8 Å². The SMILES string of the molecule is CN(C(=O)c1cc([N+](=O)[O-])cc(Cl)c1Cl)C(C)(C)C(=O)O. The lowest BCUT2D eigenvalue weighted by molar-refractivity contribution is -0.384. The first-order valence-electron chi connectivity index (χ1n) is 5.65. The van der Waals surface area contributed by atoms with Gasteiger partial charge in [-0.2, -0.15) is 0 Å². The van der Waals surface area contributed by atoms with E-state index in [4.69, 9.17) is 28.3 Å². The number of non-ortho nitro benzene ring substituents is 1. The summed E-state index contributed by atoms with van der Waals surface area (Å²) in [5.41, 5.74) is -2.15. The molecule has 1 rings (SSSR count). The number of nitrogens with zero attached hydrogens (tertiary/aromatic N) is 2. The van der Waals surface area contributed by atoms with Crippen LogP contribution in [-0.2, 0) is 4.79 Å². The Morgan fingerprint density at radius 3 is 2.29 bits per heavy atom. The summed E-state index contributed by atoms with van der Waals surface area (Å²) in [5.74, 6) is -2.01. The van der Waals surface area contributed by atoms with E-state index in [0.29, 0.717) is 0 Å². The molecular formula is C12H12Cl2N2O5. The highest BCUT2D eigenvalue weighted by molar-refractivity contribution is 6.44. The Balaban J connectivity index is 3.37. The predicted octanol–water partition coefficient (Wildman–Crippen LogP) is 2.84. The summed E-state index contributed by atoms with van der Waals surface area (Å²) in [4.78, 5) is 34.5. The number of hydrogen-bond donors (Lipinski definition) is 1. The van der Waals surface area contributed by atoms with E-state index in [1.54, 1.807) is 0 Å². The fraction of sp³-hybridized carbons (Fsp3) is 0.333. The zero-order valence-electron chi connectivity index (χ0n) is 11.4. The highest BCUT2D eigenvalue weighted by atomic mass is 35.5. The van der Waals surface area contributed by atoms with Crippen molar-refractivity contribution in [2.45, 2.75) is 19.4 Å². The molecule has 0 unspecified atom stereocenters. The summed E-state index contributed by atoms with van der Waals surface area (Å²) < 4.78 is 0. The van der Waals surface area contributed by atoms with Gasteiger partial charge in [0.05, 0.1) is 20.5 Å². The van der Waals surface area contributed by atoms with E-state index in [1.807, 2.05) is 0 Å². The lowest BCUT2D eigenvalue weighted by atomic mass is 10.0. The van der Waals surface area contributed by atoms with Gasteiger partial charge in [-0.1, -0.05) is 23.2 Å². The van der Waals surface area contributed by atoms with Crippen LogP contribution in [0.1, 0.15) is 24.2 Å². The number of carboxylic acid groups (broad SMARTS) is 1. The van der Waals surface area contributed by atoms with E-state index in [1.165, 1.54) is 20.9 Å². The Bertz CT molecular complexity index is 630. The largest absolute Gasteiger partial charge is 0.480 e. The van der Waals surface area contributed by atoms with Gasteiger partial charge in [-0.25, -0.2) is 4.79 Å². The summed E-state index contributed by atoms with van der Waals surface area (Å²) in [6.07, 6.45) is 0. The molecular weight excluding hydrogens is 323 g/mol. The standard InChI is InChI=1S/C12H12Cl2N2O5/c1-12(2,11(18)19)15(3)10(17)7-4-6(16(20)21)5-8(13)9(7)14/h4-5H,1-3H3,(H,18,19). The lowest BCUT2D eigenvalue weighted by Crippen LogP contribution is -2.50. The highest BCUT2D eigenvalue weighted by Crippen LogP contribution is 2.32. The van der Waals surface area contributed by atoms with E-state index in [0.717, 1.165) is 17.0 Å². The Labute approximate surface area is 130 Å². The molecule has 1 aromatic carbocycles. The molecule has 0 radical (unpaired) electrons. The number of halogens is 2. The minimum Gasteiger partial charge on any atom is -0.480 e. The van der Waals surface area contributed by atoms with E-state index < -0.39 is 28.0 Å². The van der Waals surface area contributed by atoms with Gasteiger partial charge in [-0.15, -0.1) is 0 Å². The zero-order chi connectivity index (χ0) is 16.5. The van der Waals surface area contributed by atoms with E-state index in [2.05, 4.69) is 0 Å². The van der Waals surface area contributed by atoms with Gasteiger partial charge in [0.1, 0.15) is 5.54 Å². The van der Waals surface area contributed by atoms with Crippen molar-refractivity contribution in [3.8, 4) is 0 Å². The van der Waals surface area contributed by atoms with Gasteiger partial charge in [0.2, 0.25) is 0 Å². The smallest absolute Gasteiger partial charge is 0.329 e. The van der Waals surface area contributed by atoms with E-state index >= 15 is 0 Å². The maximum absolute atomic E-state index is 12.3. The van der Waals surface area contributed by atoms with Crippen LogP contribution >= 0.6 is 23.2 Å². The van der Waals surface area contributed by atoms with Crippen LogP contribution in [0.3, 0.4) is 0 Å². The van der Waals surface area contributed by atoms with Crippen molar-refractivity contribution in [2.24, 2.45) is 0 Å². The average molecular weight is 335 g/mol. The third-order valence-electron chi connectivity index (χ3n) is 3.12. The van der Waals surface area contributed by atoms with Gasteiger partial charge in [0.25, 0.3) is 11.6 Å². The number of carbonyl (C=O) groups excluding carboxylic acids is 1. The maximum atomic E-state index is 12.3. The van der Waals surface area contributed by atoms with Crippen molar-refractivity contribution >= 4 is 40.8 Å². The van der Waals surface area contributed by atoms with E-state index in [-0.39, 0.29) is 15.6 Å². The molecule has 0 aliphatic carbocycles. The summed E-state index contributed by atoms with van der Waals surface area (Å²) >= 11 is 11.7. The summed E-state index contributed by atoms with van der Waals surface area (Å²) in [6, 6.07) is 1.98. The second kappa shape index (κ2) is 5.87. The first-order chi connectivity index (χ1) is 9.50. The summed E-state index contributed by atoms with van der Waals surface area (Å²) in [6.45, 7) is 2.64. The predicted molar refractivity (Wildman–Crippen MR) is 76.9 cm³/mol. The Hall–Kier alpha value is -1.86. The Morgan fingerprint density at radius 1 is 1.33 bits per heavy atom. The lowest BCUT2D eigenvalue weighted by Gasteiger charge is -2.31. The van der Waals surface area contributed by atoms with Crippen LogP contribution in [0, 0.1) is 10.1 Å². The number of carboxylic acids is 1. The molecule has 21 heavy (non-hydrogen) atoms. The Morgan fingerprint density at radius 2 is 1.86 bits per heavy atom. The average Bonchev–Trinajstić information content (AvgIpc) is 2.39. The number of carbonyl (C=O) groups is 2. The van der Waals surface area contributed by atoms with Crippen LogP contribution in [0.15, 0.2) is 12.1 Å². The summed E-state index contributed by atoms with van der Waals surface area (Å²) in [5, 5.41) is 19.6. The van der Waals surface area contributed by atoms with Gasteiger partial charge in [0.15, 0.2) is 0 Å². The molecule has 0 bridgehead atoms. The number of likely N-dealkylation sites (N-methyl/N-ethyl adjacent to an activating group) is 1. The van der Waals surface area contributed by atoms with Crippen LogP contribution in [-0.4, -0.2) is 39.4 Å². The second-order valence-corrected chi connectivity index (χ2v) is 5.56. The van der Waals surface area contributed by atoms with Gasteiger partial charge < -0.3 is 10.0 Å². The maximum Gasteiger partial charge on any atom is 0.329 e. The molecule has 9 heteroatoms. The Kier molecular flexibility index (Phi) is 4.80. The molecule has 0 saturated heterocycles. The van der Waals surface area contributed by atoms with Crippen molar-refractivity contribution in [1.29, 1.82) is 0 Å². The molecule has 0 aliphatic rings. The number of amides is 1. The highest BCUT2D eigenvalue weighted by Gasteiger charge is 2.36. The molecule has 0 saturated carbocycles. The second-order valence-electron chi connectivity index (χ2n) is 4.77. The van der Waals surface area contributed by atoms with Crippen LogP contribution in [0.25, 0.3) is 0 Å². The van der Waals surface area contributed by atoms with Crippen molar-refractivity contribution in [3.05, 3.63) is 37.9 Å². The molecule has 1 N–H and O–H groups in total. The minimum atomic E-state index is -1.52. The van der Waals surface area contributed by atoms with Crippen molar-refractivity contribution < 1.29 is 19.6 Å². The number of rotatable bonds is 4. The van der Waals surface area contributed by atoms with Crippen LogP contribution in [0.5, 0.6) is 0 Å². The molecule has 0 heterocycles. The van der Waals surface area contributed by atoms with Gasteiger partial charge >= 0.3 is 5.97 Å². The number of aliphatic carboxylic acids is 1. The quantitative estimate of drug-likeness (QED) is 0.673. The third kappa shape index (κ3) is 3.25. The number of nitro groups is 1. The first-order valence-corrected chi connectivity index (χ1v) is 6.40. The monoisotopic (exact) mass is 334 g/mol.